The van der Waals surface area contributed by atoms with E-state index in [0.717, 1.165) is 18.5 Å². The standard InChI is InChI=1S/C21H18ClN3O4/c22-16-7-8-18-23-17(10-20(27)25(18)12-16)13-29-21(28)15-5-3-14(4-6-15)11-24-9-1-2-19(24)26/h3-8,10,12H,1-2,9,11,13H2. The SMILES string of the molecule is O=C(OCc1cc(=O)n2cc(Cl)ccc2n1)c1ccc(CN2CCCC2=O)cc1. The van der Waals surface area contributed by atoms with Gasteiger partial charge < -0.3 is 9.64 Å². The molecule has 29 heavy (non-hydrogen) atoms. The minimum Gasteiger partial charge on any atom is -0.456 e. The molecule has 3 heterocycles. The first kappa shape index (κ1) is 19.1. The molecule has 1 aromatic carbocycles. The number of likely N-dealkylation sites (tertiary alicyclic amines) is 1. The number of hydrogen-bond acceptors (Lipinski definition) is 5. The van der Waals surface area contributed by atoms with Gasteiger partial charge in [0.15, 0.2) is 0 Å². The number of halogens is 1. The summed E-state index contributed by atoms with van der Waals surface area (Å²) in [7, 11) is 0. The van der Waals surface area contributed by atoms with Crippen molar-refractivity contribution in [2.24, 2.45) is 0 Å². The third-order valence-electron chi connectivity index (χ3n) is 4.76. The smallest absolute Gasteiger partial charge is 0.338 e. The Balaban J connectivity index is 1.40. The monoisotopic (exact) mass is 411 g/mol. The van der Waals surface area contributed by atoms with E-state index in [1.165, 1.54) is 16.7 Å². The summed E-state index contributed by atoms with van der Waals surface area (Å²) in [5.41, 5.74) is 1.83. The van der Waals surface area contributed by atoms with E-state index in [2.05, 4.69) is 4.98 Å². The zero-order chi connectivity index (χ0) is 20.4. The first-order chi connectivity index (χ1) is 14.0. The van der Waals surface area contributed by atoms with Gasteiger partial charge in [-0.05, 0) is 36.2 Å². The van der Waals surface area contributed by atoms with Gasteiger partial charge in [-0.15, -0.1) is 0 Å². The number of ether oxygens (including phenoxy) is 1. The van der Waals surface area contributed by atoms with E-state index in [1.54, 1.807) is 24.3 Å². The summed E-state index contributed by atoms with van der Waals surface area (Å²) in [6.45, 7) is 1.20. The van der Waals surface area contributed by atoms with Crippen LogP contribution in [0, 0.1) is 0 Å². The summed E-state index contributed by atoms with van der Waals surface area (Å²) in [6.07, 6.45) is 2.98. The zero-order valence-electron chi connectivity index (χ0n) is 15.5. The van der Waals surface area contributed by atoms with Crippen LogP contribution in [-0.2, 0) is 22.7 Å². The number of hydrogen-bond donors (Lipinski definition) is 0. The summed E-state index contributed by atoms with van der Waals surface area (Å²) in [5.74, 6) is -0.346. The van der Waals surface area contributed by atoms with Crippen molar-refractivity contribution in [2.75, 3.05) is 6.54 Å². The number of aromatic nitrogens is 2. The molecule has 1 fully saturated rings. The Bertz CT molecular complexity index is 1140. The van der Waals surface area contributed by atoms with Crippen molar-refractivity contribution in [3.05, 3.63) is 80.9 Å². The molecule has 1 aliphatic rings. The number of amides is 1. The van der Waals surface area contributed by atoms with Crippen LogP contribution in [0.3, 0.4) is 0 Å². The number of pyridine rings is 1. The second-order valence-corrected chi connectivity index (χ2v) is 7.29. The summed E-state index contributed by atoms with van der Waals surface area (Å²) in [5, 5.41) is 0.429. The Kier molecular flexibility index (Phi) is 5.31. The van der Waals surface area contributed by atoms with Crippen molar-refractivity contribution >= 4 is 29.1 Å². The fraction of sp³-hybridized carbons (Fsp3) is 0.238. The lowest BCUT2D eigenvalue weighted by molar-refractivity contribution is -0.128. The van der Waals surface area contributed by atoms with Gasteiger partial charge in [-0.3, -0.25) is 14.0 Å². The van der Waals surface area contributed by atoms with Crippen molar-refractivity contribution < 1.29 is 14.3 Å². The largest absolute Gasteiger partial charge is 0.456 e. The quantitative estimate of drug-likeness (QED) is 0.603. The Labute approximate surface area is 171 Å². The molecular weight excluding hydrogens is 394 g/mol. The lowest BCUT2D eigenvalue weighted by atomic mass is 10.1. The predicted molar refractivity (Wildman–Crippen MR) is 107 cm³/mol. The fourth-order valence-electron chi connectivity index (χ4n) is 3.26. The first-order valence-corrected chi connectivity index (χ1v) is 9.59. The van der Waals surface area contributed by atoms with Crippen LogP contribution in [0.25, 0.3) is 5.65 Å². The molecule has 0 unspecified atom stereocenters. The fourth-order valence-corrected chi connectivity index (χ4v) is 3.42. The van der Waals surface area contributed by atoms with E-state index in [0.29, 0.717) is 34.9 Å². The van der Waals surface area contributed by atoms with Gasteiger partial charge in [0.05, 0.1) is 16.3 Å². The lowest BCUT2D eigenvalue weighted by Gasteiger charge is -2.15. The summed E-state index contributed by atoms with van der Waals surface area (Å²) in [6, 6.07) is 11.5. The number of carbonyl (C=O) groups is 2. The van der Waals surface area contributed by atoms with E-state index in [9.17, 15) is 14.4 Å². The number of nitrogens with zero attached hydrogens (tertiary/aromatic N) is 3. The molecular formula is C21H18ClN3O4. The van der Waals surface area contributed by atoms with Crippen molar-refractivity contribution in [1.29, 1.82) is 0 Å². The molecule has 0 atom stereocenters. The molecule has 1 aliphatic heterocycles. The highest BCUT2D eigenvalue weighted by Gasteiger charge is 2.20. The average Bonchev–Trinajstić information content (AvgIpc) is 3.12. The van der Waals surface area contributed by atoms with E-state index >= 15 is 0 Å². The van der Waals surface area contributed by atoms with Gasteiger partial charge in [-0.2, -0.15) is 0 Å². The first-order valence-electron chi connectivity index (χ1n) is 9.21. The third kappa shape index (κ3) is 4.30. The van der Waals surface area contributed by atoms with Crippen LogP contribution in [0.15, 0.2) is 53.5 Å². The van der Waals surface area contributed by atoms with Crippen LogP contribution < -0.4 is 5.56 Å². The van der Waals surface area contributed by atoms with E-state index in [-0.39, 0.29) is 18.1 Å². The van der Waals surface area contributed by atoms with Gasteiger partial charge in [-0.1, -0.05) is 23.7 Å². The van der Waals surface area contributed by atoms with Crippen LogP contribution in [0.4, 0.5) is 0 Å². The molecule has 0 N–H and O–H groups in total. The molecule has 0 spiro atoms. The number of benzene rings is 1. The van der Waals surface area contributed by atoms with Gasteiger partial charge in [0.2, 0.25) is 5.91 Å². The number of fused-ring (bicyclic) bond motifs is 1. The summed E-state index contributed by atoms with van der Waals surface area (Å²) >= 11 is 5.89. The Morgan fingerprint density at radius 1 is 1.14 bits per heavy atom. The third-order valence-corrected chi connectivity index (χ3v) is 4.99. The maximum atomic E-state index is 12.3. The normalized spacial score (nSPS) is 13.8. The second kappa shape index (κ2) is 8.05. The number of carbonyl (C=O) groups excluding carboxylic acids is 2. The minimum atomic E-state index is -0.507. The van der Waals surface area contributed by atoms with Crippen molar-refractivity contribution in [2.45, 2.75) is 26.0 Å². The topological polar surface area (TPSA) is 81.0 Å². The predicted octanol–water partition coefficient (Wildman–Crippen LogP) is 2.83. The number of rotatable bonds is 5. The summed E-state index contributed by atoms with van der Waals surface area (Å²) < 4.78 is 6.62. The Morgan fingerprint density at radius 2 is 1.93 bits per heavy atom. The molecule has 4 rings (SSSR count). The molecule has 0 aliphatic carbocycles. The molecule has 1 amide bonds. The maximum Gasteiger partial charge on any atom is 0.338 e. The van der Waals surface area contributed by atoms with Crippen LogP contribution in [0.1, 0.15) is 34.5 Å². The zero-order valence-corrected chi connectivity index (χ0v) is 16.3. The van der Waals surface area contributed by atoms with Gasteiger partial charge in [0.1, 0.15) is 12.3 Å². The van der Waals surface area contributed by atoms with Crippen LogP contribution in [0.2, 0.25) is 5.02 Å². The van der Waals surface area contributed by atoms with Gasteiger partial charge >= 0.3 is 5.97 Å². The molecule has 1 saturated heterocycles. The molecule has 0 saturated carbocycles. The highest BCUT2D eigenvalue weighted by atomic mass is 35.5. The van der Waals surface area contributed by atoms with Crippen molar-refractivity contribution in [1.82, 2.24) is 14.3 Å². The molecule has 8 heteroatoms. The van der Waals surface area contributed by atoms with E-state index < -0.39 is 5.97 Å². The van der Waals surface area contributed by atoms with Gasteiger partial charge in [-0.25, -0.2) is 9.78 Å². The number of esters is 1. The Hall–Kier alpha value is -3.19. The molecule has 0 bridgehead atoms. The second-order valence-electron chi connectivity index (χ2n) is 6.85. The van der Waals surface area contributed by atoms with E-state index in [4.69, 9.17) is 16.3 Å². The molecule has 7 nitrogen and oxygen atoms in total. The molecule has 0 radical (unpaired) electrons. The molecule has 2 aromatic heterocycles. The highest BCUT2D eigenvalue weighted by molar-refractivity contribution is 6.30. The minimum absolute atomic E-state index is 0.114. The summed E-state index contributed by atoms with van der Waals surface area (Å²) in [4.78, 5) is 42.3. The van der Waals surface area contributed by atoms with Gasteiger partial charge in [0.25, 0.3) is 5.56 Å². The van der Waals surface area contributed by atoms with Crippen LogP contribution in [-0.4, -0.2) is 32.7 Å². The maximum absolute atomic E-state index is 12.3. The van der Waals surface area contributed by atoms with Crippen LogP contribution in [0.5, 0.6) is 0 Å². The van der Waals surface area contributed by atoms with Crippen molar-refractivity contribution in [3.63, 3.8) is 0 Å². The highest BCUT2D eigenvalue weighted by Crippen LogP contribution is 2.15. The average molecular weight is 412 g/mol. The van der Waals surface area contributed by atoms with Crippen LogP contribution >= 0.6 is 11.6 Å². The van der Waals surface area contributed by atoms with Gasteiger partial charge in [0, 0.05) is 31.8 Å². The van der Waals surface area contributed by atoms with E-state index in [1.807, 2.05) is 17.0 Å². The molecule has 148 valence electrons. The van der Waals surface area contributed by atoms with Crippen molar-refractivity contribution in [3.8, 4) is 0 Å². The lowest BCUT2D eigenvalue weighted by Crippen LogP contribution is -2.23. The molecule has 3 aromatic rings. The Morgan fingerprint density at radius 3 is 2.66 bits per heavy atom.